The Labute approximate surface area is 75.8 Å². The zero-order chi connectivity index (χ0) is 9.40. The van der Waals surface area contributed by atoms with E-state index < -0.39 is 0 Å². The smallest absolute Gasteiger partial charge is 0.0784 e. The van der Waals surface area contributed by atoms with Crippen LogP contribution >= 0.6 is 0 Å². The summed E-state index contributed by atoms with van der Waals surface area (Å²) in [5.74, 6) is 0. The molecule has 1 atom stereocenters. The van der Waals surface area contributed by atoms with Crippen molar-refractivity contribution in [2.24, 2.45) is 0 Å². The third-order valence-corrected chi connectivity index (χ3v) is 1.80. The molecule has 0 aromatic carbocycles. The molecule has 0 aromatic rings. The molecule has 0 spiro atoms. The second-order valence-corrected chi connectivity index (χ2v) is 2.61. The zero-order valence-electron chi connectivity index (χ0n) is 8.38. The Bertz CT molecular complexity index is 156. The van der Waals surface area contributed by atoms with Crippen molar-refractivity contribution >= 4 is 0 Å². The van der Waals surface area contributed by atoms with Gasteiger partial charge in [0.25, 0.3) is 0 Å². The Balaban J connectivity index is 0.000000561. The van der Waals surface area contributed by atoms with E-state index in [2.05, 4.69) is 12.2 Å². The fourth-order valence-corrected chi connectivity index (χ4v) is 1.12. The van der Waals surface area contributed by atoms with E-state index in [-0.39, 0.29) is 6.10 Å². The molecular weight excluding hydrogens is 148 g/mol. The lowest BCUT2D eigenvalue weighted by Crippen LogP contribution is -2.07. The average Bonchev–Trinajstić information content (AvgIpc) is 2.21. The summed E-state index contributed by atoms with van der Waals surface area (Å²) in [4.78, 5) is 0. The van der Waals surface area contributed by atoms with Crippen molar-refractivity contribution in [2.45, 2.75) is 46.1 Å². The topological polar surface area (TPSA) is 20.2 Å². The van der Waals surface area contributed by atoms with E-state index in [4.69, 9.17) is 0 Å². The van der Waals surface area contributed by atoms with E-state index in [1.165, 1.54) is 0 Å². The highest BCUT2D eigenvalue weighted by molar-refractivity contribution is 5.25. The summed E-state index contributed by atoms with van der Waals surface area (Å²) in [7, 11) is 0. The molecule has 0 saturated carbocycles. The van der Waals surface area contributed by atoms with Crippen molar-refractivity contribution in [1.29, 1.82) is 0 Å². The van der Waals surface area contributed by atoms with E-state index in [0.717, 1.165) is 24.8 Å². The summed E-state index contributed by atoms with van der Waals surface area (Å²) in [6.07, 6.45) is 9.05. The summed E-state index contributed by atoms with van der Waals surface area (Å²) in [6.45, 7) is 5.99. The van der Waals surface area contributed by atoms with Crippen molar-refractivity contribution < 1.29 is 5.11 Å². The molecule has 1 nitrogen and oxygen atoms in total. The van der Waals surface area contributed by atoms with Gasteiger partial charge in [0.1, 0.15) is 0 Å². The van der Waals surface area contributed by atoms with Gasteiger partial charge in [0, 0.05) is 0 Å². The van der Waals surface area contributed by atoms with Gasteiger partial charge in [-0.15, -0.1) is 0 Å². The van der Waals surface area contributed by atoms with Crippen LogP contribution in [0.25, 0.3) is 0 Å². The molecule has 1 N–H and O–H groups in total. The Morgan fingerprint density at radius 2 is 2.08 bits per heavy atom. The maximum atomic E-state index is 9.36. The van der Waals surface area contributed by atoms with Gasteiger partial charge >= 0.3 is 0 Å². The molecule has 70 valence electrons. The van der Waals surface area contributed by atoms with Crippen LogP contribution in [-0.2, 0) is 0 Å². The second-order valence-electron chi connectivity index (χ2n) is 2.61. The molecule has 12 heavy (non-hydrogen) atoms. The molecule has 1 heteroatoms. The van der Waals surface area contributed by atoms with Crippen molar-refractivity contribution in [3.8, 4) is 0 Å². The lowest BCUT2D eigenvalue weighted by atomic mass is 10.0. The number of allylic oxidation sites excluding steroid dienone is 2. The van der Waals surface area contributed by atoms with Crippen LogP contribution in [0.1, 0.15) is 40.0 Å². The first-order chi connectivity index (χ1) is 5.84. The maximum Gasteiger partial charge on any atom is 0.0784 e. The Morgan fingerprint density at radius 1 is 1.42 bits per heavy atom. The SMILES string of the molecule is CC.CCC(O)C1=CCCC=C1. The van der Waals surface area contributed by atoms with E-state index in [1.54, 1.807) is 0 Å². The van der Waals surface area contributed by atoms with Gasteiger partial charge < -0.3 is 5.11 Å². The lowest BCUT2D eigenvalue weighted by Gasteiger charge is -2.11. The van der Waals surface area contributed by atoms with Crippen LogP contribution in [0.3, 0.4) is 0 Å². The number of hydrogen-bond acceptors (Lipinski definition) is 1. The number of rotatable bonds is 2. The molecular formula is C11H20O. The first kappa shape index (κ1) is 11.4. The number of hydrogen-bond donors (Lipinski definition) is 1. The van der Waals surface area contributed by atoms with Crippen molar-refractivity contribution in [3.05, 3.63) is 23.8 Å². The van der Waals surface area contributed by atoms with Crippen molar-refractivity contribution in [3.63, 3.8) is 0 Å². The third-order valence-electron chi connectivity index (χ3n) is 1.80. The summed E-state index contributed by atoms with van der Waals surface area (Å²) >= 11 is 0. The Hall–Kier alpha value is -0.560. The first-order valence-electron chi connectivity index (χ1n) is 4.89. The molecule has 0 amide bonds. The van der Waals surface area contributed by atoms with Crippen LogP contribution in [0, 0.1) is 0 Å². The molecule has 0 aromatic heterocycles. The van der Waals surface area contributed by atoms with Crippen LogP contribution < -0.4 is 0 Å². The van der Waals surface area contributed by atoms with Gasteiger partial charge in [-0.2, -0.15) is 0 Å². The van der Waals surface area contributed by atoms with Crippen LogP contribution in [0.2, 0.25) is 0 Å². The predicted molar refractivity (Wildman–Crippen MR) is 54.1 cm³/mol. The fourth-order valence-electron chi connectivity index (χ4n) is 1.12. The van der Waals surface area contributed by atoms with E-state index in [9.17, 15) is 5.11 Å². The monoisotopic (exact) mass is 168 g/mol. The Kier molecular flexibility index (Phi) is 6.78. The van der Waals surface area contributed by atoms with Gasteiger partial charge in [0.15, 0.2) is 0 Å². The third kappa shape index (κ3) is 3.72. The van der Waals surface area contributed by atoms with Gasteiger partial charge in [-0.3, -0.25) is 0 Å². The fraction of sp³-hybridized carbons (Fsp3) is 0.636. The molecule has 1 unspecified atom stereocenters. The summed E-state index contributed by atoms with van der Waals surface area (Å²) in [6, 6.07) is 0. The highest BCUT2D eigenvalue weighted by atomic mass is 16.3. The minimum atomic E-state index is -0.239. The normalized spacial score (nSPS) is 17.5. The molecule has 1 aliphatic carbocycles. The highest BCUT2D eigenvalue weighted by Gasteiger charge is 2.05. The van der Waals surface area contributed by atoms with Crippen LogP contribution in [0.5, 0.6) is 0 Å². The van der Waals surface area contributed by atoms with Crippen LogP contribution in [0.15, 0.2) is 23.8 Å². The minimum Gasteiger partial charge on any atom is -0.388 e. The van der Waals surface area contributed by atoms with Crippen LogP contribution in [-0.4, -0.2) is 11.2 Å². The van der Waals surface area contributed by atoms with Crippen molar-refractivity contribution in [2.75, 3.05) is 0 Å². The van der Waals surface area contributed by atoms with Crippen LogP contribution in [0.4, 0.5) is 0 Å². The average molecular weight is 168 g/mol. The molecule has 0 aliphatic heterocycles. The number of aliphatic hydroxyl groups excluding tert-OH is 1. The largest absolute Gasteiger partial charge is 0.388 e. The highest BCUT2D eigenvalue weighted by Crippen LogP contribution is 2.14. The van der Waals surface area contributed by atoms with Gasteiger partial charge in [-0.25, -0.2) is 0 Å². The van der Waals surface area contributed by atoms with Gasteiger partial charge in [-0.05, 0) is 24.8 Å². The molecule has 1 aliphatic rings. The lowest BCUT2D eigenvalue weighted by molar-refractivity contribution is 0.209. The zero-order valence-corrected chi connectivity index (χ0v) is 8.38. The molecule has 0 fully saturated rings. The van der Waals surface area contributed by atoms with E-state index in [0.29, 0.717) is 0 Å². The van der Waals surface area contributed by atoms with Crippen molar-refractivity contribution in [1.82, 2.24) is 0 Å². The quantitative estimate of drug-likeness (QED) is 0.672. The summed E-state index contributed by atoms with van der Waals surface area (Å²) < 4.78 is 0. The van der Waals surface area contributed by atoms with Gasteiger partial charge in [0.2, 0.25) is 0 Å². The van der Waals surface area contributed by atoms with E-state index >= 15 is 0 Å². The molecule has 0 radical (unpaired) electrons. The van der Waals surface area contributed by atoms with Gasteiger partial charge in [-0.1, -0.05) is 39.0 Å². The summed E-state index contributed by atoms with van der Waals surface area (Å²) in [5.41, 5.74) is 1.09. The minimum absolute atomic E-state index is 0.239. The maximum absolute atomic E-state index is 9.36. The molecule has 0 saturated heterocycles. The second kappa shape index (κ2) is 7.11. The standard InChI is InChI=1S/C9H14O.C2H6/c1-2-9(10)8-6-4-3-5-7-8;1-2/h4,6-7,9-10H,2-3,5H2,1H3;1-2H3. The first-order valence-corrected chi connectivity index (χ1v) is 4.89. The van der Waals surface area contributed by atoms with Gasteiger partial charge in [0.05, 0.1) is 6.10 Å². The summed E-state index contributed by atoms with van der Waals surface area (Å²) in [5, 5.41) is 9.36. The molecule has 0 heterocycles. The number of aliphatic hydroxyl groups is 1. The predicted octanol–water partition coefficient (Wildman–Crippen LogP) is 3.06. The molecule has 1 rings (SSSR count). The Morgan fingerprint density at radius 3 is 2.50 bits per heavy atom. The van der Waals surface area contributed by atoms with E-state index in [1.807, 2.05) is 26.8 Å². The molecule has 0 bridgehead atoms.